The molecule has 2 aliphatic rings. The van der Waals surface area contributed by atoms with Crippen molar-refractivity contribution in [2.24, 2.45) is 0 Å². The van der Waals surface area contributed by atoms with Gasteiger partial charge in [-0.3, -0.25) is 4.90 Å². The smallest absolute Gasteiger partial charge is 0.226 e. The lowest BCUT2D eigenvalue weighted by atomic mass is 9.82. The van der Waals surface area contributed by atoms with Crippen LogP contribution in [0.2, 0.25) is 0 Å². The molecule has 0 N–H and O–H groups in total. The Balaban J connectivity index is 2.08. The fourth-order valence-corrected chi connectivity index (χ4v) is 2.69. The molecular formula is C10H16N2. The molecule has 0 aliphatic carbocycles. The van der Waals surface area contributed by atoms with Gasteiger partial charge in [0.2, 0.25) is 6.04 Å². The van der Waals surface area contributed by atoms with Crippen molar-refractivity contribution >= 4 is 0 Å². The first kappa shape index (κ1) is 8.07. The van der Waals surface area contributed by atoms with Gasteiger partial charge in [0.15, 0.2) is 0 Å². The Morgan fingerprint density at radius 2 is 1.83 bits per heavy atom. The molecular weight excluding hydrogens is 148 g/mol. The van der Waals surface area contributed by atoms with E-state index in [1.807, 2.05) is 0 Å². The van der Waals surface area contributed by atoms with E-state index in [-0.39, 0.29) is 0 Å². The molecule has 66 valence electrons. The van der Waals surface area contributed by atoms with Crippen LogP contribution in [0.5, 0.6) is 0 Å². The van der Waals surface area contributed by atoms with Crippen LogP contribution in [0.4, 0.5) is 0 Å². The largest absolute Gasteiger partial charge is 0.314 e. The predicted octanol–water partition coefficient (Wildman–Crippen LogP) is 1.92. The Hall–Kier alpha value is -0.550. The van der Waals surface area contributed by atoms with Gasteiger partial charge in [0.05, 0.1) is 0 Å². The van der Waals surface area contributed by atoms with Crippen molar-refractivity contribution < 1.29 is 0 Å². The van der Waals surface area contributed by atoms with E-state index in [9.17, 15) is 0 Å². The zero-order valence-corrected chi connectivity index (χ0v) is 7.66. The number of rotatable bonds is 0. The minimum absolute atomic E-state index is 0.330. The first-order valence-corrected chi connectivity index (χ1v) is 4.89. The molecule has 2 aliphatic heterocycles. The summed E-state index contributed by atoms with van der Waals surface area (Å²) >= 11 is 0. The number of piperidine rings is 2. The first-order chi connectivity index (χ1) is 5.81. The summed E-state index contributed by atoms with van der Waals surface area (Å²) in [7, 11) is 2.23. The van der Waals surface area contributed by atoms with Gasteiger partial charge in [0, 0.05) is 24.9 Å². The second-order valence-corrected chi connectivity index (χ2v) is 4.16. The van der Waals surface area contributed by atoms with E-state index in [1.165, 1.54) is 19.3 Å². The Morgan fingerprint density at radius 3 is 2.33 bits per heavy atom. The lowest BCUT2D eigenvalue weighted by Gasteiger charge is -2.43. The van der Waals surface area contributed by atoms with Crippen LogP contribution in [0.1, 0.15) is 32.1 Å². The molecule has 2 unspecified atom stereocenters. The Labute approximate surface area is 74.4 Å². The molecule has 2 atom stereocenters. The summed E-state index contributed by atoms with van der Waals surface area (Å²) in [6.07, 6.45) is 6.26. The fourth-order valence-electron chi connectivity index (χ4n) is 2.69. The van der Waals surface area contributed by atoms with Gasteiger partial charge in [-0.2, -0.15) is 0 Å². The summed E-state index contributed by atoms with van der Waals surface area (Å²) in [4.78, 5) is 6.19. The molecule has 0 radical (unpaired) electrons. The third kappa shape index (κ3) is 1.23. The minimum Gasteiger partial charge on any atom is -0.314 e. The van der Waals surface area contributed by atoms with Gasteiger partial charge in [-0.25, -0.2) is 6.57 Å². The molecule has 2 nitrogen and oxygen atoms in total. The summed E-state index contributed by atoms with van der Waals surface area (Å²) < 4.78 is 0. The molecule has 0 amide bonds. The van der Waals surface area contributed by atoms with E-state index >= 15 is 0 Å². The molecule has 2 heteroatoms. The molecule has 12 heavy (non-hydrogen) atoms. The predicted molar refractivity (Wildman–Crippen MR) is 48.8 cm³/mol. The van der Waals surface area contributed by atoms with E-state index in [2.05, 4.69) is 16.8 Å². The quantitative estimate of drug-likeness (QED) is 0.496. The van der Waals surface area contributed by atoms with Crippen LogP contribution in [0, 0.1) is 6.57 Å². The molecule has 0 aromatic carbocycles. The van der Waals surface area contributed by atoms with Gasteiger partial charge in [-0.1, -0.05) is 6.42 Å². The molecule has 2 bridgehead atoms. The van der Waals surface area contributed by atoms with Crippen molar-refractivity contribution in [3.05, 3.63) is 11.4 Å². The van der Waals surface area contributed by atoms with E-state index in [0.717, 1.165) is 24.9 Å². The zero-order chi connectivity index (χ0) is 8.55. The van der Waals surface area contributed by atoms with Gasteiger partial charge in [0.1, 0.15) is 0 Å². The monoisotopic (exact) mass is 164 g/mol. The van der Waals surface area contributed by atoms with E-state index in [4.69, 9.17) is 6.57 Å². The topological polar surface area (TPSA) is 7.60 Å². The van der Waals surface area contributed by atoms with Gasteiger partial charge in [0.25, 0.3) is 0 Å². The van der Waals surface area contributed by atoms with Gasteiger partial charge in [-0.05, 0) is 19.9 Å². The lowest BCUT2D eigenvalue weighted by Crippen LogP contribution is -2.50. The highest BCUT2D eigenvalue weighted by molar-refractivity contribution is 4.97. The van der Waals surface area contributed by atoms with Crippen LogP contribution in [0.25, 0.3) is 4.85 Å². The Morgan fingerprint density at radius 1 is 1.25 bits per heavy atom. The molecule has 2 heterocycles. The third-order valence-corrected chi connectivity index (χ3v) is 3.50. The van der Waals surface area contributed by atoms with Crippen LogP contribution in [0.3, 0.4) is 0 Å². The molecule has 2 saturated heterocycles. The van der Waals surface area contributed by atoms with Gasteiger partial charge >= 0.3 is 0 Å². The summed E-state index contributed by atoms with van der Waals surface area (Å²) in [5.74, 6) is 0. The number of nitrogens with zero attached hydrogens (tertiary/aromatic N) is 2. The normalized spacial score (nSPS) is 42.2. The van der Waals surface area contributed by atoms with Crippen LogP contribution in [-0.2, 0) is 0 Å². The average Bonchev–Trinajstić information content (AvgIpc) is 2.04. The van der Waals surface area contributed by atoms with Crippen molar-refractivity contribution in [3.63, 3.8) is 0 Å². The summed E-state index contributed by atoms with van der Waals surface area (Å²) in [6, 6.07) is 1.77. The molecule has 0 aromatic rings. The van der Waals surface area contributed by atoms with Crippen molar-refractivity contribution in [2.45, 2.75) is 50.2 Å². The Kier molecular flexibility index (Phi) is 2.06. The van der Waals surface area contributed by atoms with E-state index in [0.29, 0.717) is 6.04 Å². The first-order valence-electron chi connectivity index (χ1n) is 4.89. The van der Waals surface area contributed by atoms with Crippen LogP contribution >= 0.6 is 0 Å². The van der Waals surface area contributed by atoms with E-state index in [1.54, 1.807) is 0 Å². The fraction of sp³-hybridized carbons (Fsp3) is 0.900. The average molecular weight is 164 g/mol. The summed E-state index contributed by atoms with van der Waals surface area (Å²) in [5, 5.41) is 0. The van der Waals surface area contributed by atoms with Crippen LogP contribution in [-0.4, -0.2) is 30.1 Å². The van der Waals surface area contributed by atoms with Crippen LogP contribution in [0.15, 0.2) is 0 Å². The van der Waals surface area contributed by atoms with Crippen molar-refractivity contribution in [1.82, 2.24) is 4.90 Å². The maximum atomic E-state index is 7.05. The molecule has 2 fully saturated rings. The highest BCUT2D eigenvalue weighted by Crippen LogP contribution is 2.33. The maximum absolute atomic E-state index is 7.05. The lowest BCUT2D eigenvalue weighted by molar-refractivity contribution is 0.0637. The van der Waals surface area contributed by atoms with Crippen LogP contribution < -0.4 is 0 Å². The maximum Gasteiger partial charge on any atom is 0.226 e. The minimum atomic E-state index is 0.330. The third-order valence-electron chi connectivity index (χ3n) is 3.50. The molecule has 0 spiro atoms. The second-order valence-electron chi connectivity index (χ2n) is 4.16. The molecule has 2 rings (SSSR count). The molecule has 0 saturated carbocycles. The number of fused-ring (bicyclic) bond motifs is 2. The highest BCUT2D eigenvalue weighted by atomic mass is 15.2. The highest BCUT2D eigenvalue weighted by Gasteiger charge is 2.38. The van der Waals surface area contributed by atoms with Gasteiger partial charge < -0.3 is 4.85 Å². The van der Waals surface area contributed by atoms with Crippen molar-refractivity contribution in [1.29, 1.82) is 0 Å². The van der Waals surface area contributed by atoms with E-state index < -0.39 is 0 Å². The van der Waals surface area contributed by atoms with Crippen molar-refractivity contribution in [2.75, 3.05) is 7.05 Å². The summed E-state index contributed by atoms with van der Waals surface area (Å²) in [6.45, 7) is 7.05. The zero-order valence-electron chi connectivity index (χ0n) is 7.66. The Bertz CT molecular complexity index is 192. The SMILES string of the molecule is [C-]#[N+]C1CC2CCCC(C1)N2C. The van der Waals surface area contributed by atoms with Crippen molar-refractivity contribution in [3.8, 4) is 0 Å². The second kappa shape index (κ2) is 3.06. The standard InChI is InChI=1S/C10H16N2/c1-11-8-6-9-4-3-5-10(7-8)12(9)2/h8-10H,3-7H2,2H3. The number of hydrogen-bond donors (Lipinski definition) is 0. The van der Waals surface area contributed by atoms with Gasteiger partial charge in [-0.15, -0.1) is 0 Å². The summed E-state index contributed by atoms with van der Waals surface area (Å²) in [5.41, 5.74) is 0. The number of hydrogen-bond acceptors (Lipinski definition) is 1. The molecule has 0 aromatic heterocycles.